The van der Waals surface area contributed by atoms with Crippen molar-refractivity contribution in [2.45, 2.75) is 20.4 Å². The highest BCUT2D eigenvalue weighted by Gasteiger charge is 2.17. The molecule has 122 valence electrons. The Bertz CT molecular complexity index is 887. The fourth-order valence-corrected chi connectivity index (χ4v) is 2.69. The number of aromatic nitrogens is 1. The molecule has 2 aromatic heterocycles. The molecule has 3 rings (SSSR count). The summed E-state index contributed by atoms with van der Waals surface area (Å²) in [7, 11) is 0. The SMILES string of the molecule is Cc1cccnc1CNC(=O)c1cc(-c2ccccc2Cl)oc1C. The van der Waals surface area contributed by atoms with Gasteiger partial charge in [-0.2, -0.15) is 0 Å². The van der Waals surface area contributed by atoms with Crippen LogP contribution in [0.3, 0.4) is 0 Å². The molecule has 1 N–H and O–H groups in total. The van der Waals surface area contributed by atoms with Crippen LogP contribution in [0.1, 0.15) is 27.4 Å². The van der Waals surface area contributed by atoms with Gasteiger partial charge >= 0.3 is 0 Å². The van der Waals surface area contributed by atoms with E-state index in [1.54, 1.807) is 25.3 Å². The van der Waals surface area contributed by atoms with Gasteiger partial charge in [0.15, 0.2) is 0 Å². The van der Waals surface area contributed by atoms with Gasteiger partial charge in [-0.1, -0.05) is 29.8 Å². The van der Waals surface area contributed by atoms with E-state index in [0.717, 1.165) is 16.8 Å². The Labute approximate surface area is 145 Å². The average Bonchev–Trinajstić information content (AvgIpc) is 2.96. The number of rotatable bonds is 4. The number of carbonyl (C=O) groups excluding carboxylic acids is 1. The van der Waals surface area contributed by atoms with E-state index in [9.17, 15) is 4.79 Å². The van der Waals surface area contributed by atoms with Crippen molar-refractivity contribution in [3.63, 3.8) is 0 Å². The van der Waals surface area contributed by atoms with Gasteiger partial charge in [0, 0.05) is 11.8 Å². The normalized spacial score (nSPS) is 10.6. The molecule has 4 nitrogen and oxygen atoms in total. The minimum Gasteiger partial charge on any atom is -0.460 e. The second-order valence-corrected chi connectivity index (χ2v) is 5.92. The van der Waals surface area contributed by atoms with Gasteiger partial charge in [-0.15, -0.1) is 0 Å². The van der Waals surface area contributed by atoms with E-state index >= 15 is 0 Å². The van der Waals surface area contributed by atoms with Gasteiger partial charge in [-0.3, -0.25) is 9.78 Å². The number of nitrogens with one attached hydrogen (secondary N) is 1. The predicted octanol–water partition coefficient (Wildman–Crippen LogP) is 4.54. The molecule has 0 bridgehead atoms. The summed E-state index contributed by atoms with van der Waals surface area (Å²) in [6, 6.07) is 12.9. The topological polar surface area (TPSA) is 55.1 Å². The first-order valence-corrected chi connectivity index (χ1v) is 7.98. The molecule has 0 fully saturated rings. The van der Waals surface area contributed by atoms with Gasteiger partial charge in [0.25, 0.3) is 5.91 Å². The highest BCUT2D eigenvalue weighted by Crippen LogP contribution is 2.30. The van der Waals surface area contributed by atoms with Crippen LogP contribution in [0.15, 0.2) is 53.1 Å². The van der Waals surface area contributed by atoms with Crippen LogP contribution >= 0.6 is 11.6 Å². The average molecular weight is 341 g/mol. The van der Waals surface area contributed by atoms with Crippen molar-refractivity contribution >= 4 is 17.5 Å². The lowest BCUT2D eigenvalue weighted by Gasteiger charge is -2.06. The number of furan rings is 1. The fourth-order valence-electron chi connectivity index (χ4n) is 2.46. The smallest absolute Gasteiger partial charge is 0.255 e. The Hall–Kier alpha value is -2.59. The second-order valence-electron chi connectivity index (χ2n) is 5.51. The maximum atomic E-state index is 12.4. The lowest BCUT2D eigenvalue weighted by molar-refractivity contribution is 0.0949. The minimum absolute atomic E-state index is 0.195. The lowest BCUT2D eigenvalue weighted by atomic mass is 10.1. The number of hydrogen-bond acceptors (Lipinski definition) is 3. The van der Waals surface area contributed by atoms with E-state index < -0.39 is 0 Å². The lowest BCUT2D eigenvalue weighted by Crippen LogP contribution is -2.23. The van der Waals surface area contributed by atoms with E-state index in [2.05, 4.69) is 10.3 Å². The van der Waals surface area contributed by atoms with Crippen LogP contribution in [0.2, 0.25) is 5.02 Å². The quantitative estimate of drug-likeness (QED) is 0.758. The van der Waals surface area contributed by atoms with Crippen LogP contribution in [0.25, 0.3) is 11.3 Å². The molecule has 0 aliphatic rings. The zero-order valence-electron chi connectivity index (χ0n) is 13.5. The Balaban J connectivity index is 1.79. The molecular weight excluding hydrogens is 324 g/mol. The van der Waals surface area contributed by atoms with E-state index in [-0.39, 0.29) is 5.91 Å². The van der Waals surface area contributed by atoms with Crippen molar-refractivity contribution in [1.29, 1.82) is 0 Å². The van der Waals surface area contributed by atoms with E-state index in [1.807, 2.05) is 37.3 Å². The molecule has 0 unspecified atom stereocenters. The summed E-state index contributed by atoms with van der Waals surface area (Å²) in [6.07, 6.45) is 1.72. The monoisotopic (exact) mass is 340 g/mol. The molecule has 0 saturated carbocycles. The number of nitrogens with zero attached hydrogens (tertiary/aromatic N) is 1. The molecule has 1 aromatic carbocycles. The zero-order valence-corrected chi connectivity index (χ0v) is 14.2. The largest absolute Gasteiger partial charge is 0.460 e. The Morgan fingerprint density at radius 3 is 2.75 bits per heavy atom. The number of benzene rings is 1. The molecule has 5 heteroatoms. The standard InChI is InChI=1S/C19H17ClN2O2/c1-12-6-5-9-21-17(12)11-22-19(23)15-10-18(24-13(15)2)14-7-3-4-8-16(14)20/h3-10H,11H2,1-2H3,(H,22,23). The van der Waals surface area contributed by atoms with Gasteiger partial charge in [0.2, 0.25) is 0 Å². The molecule has 2 heterocycles. The van der Waals surface area contributed by atoms with Gasteiger partial charge in [-0.05, 0) is 43.7 Å². The fraction of sp³-hybridized carbons (Fsp3) is 0.158. The number of pyridine rings is 1. The molecule has 24 heavy (non-hydrogen) atoms. The highest BCUT2D eigenvalue weighted by atomic mass is 35.5. The summed E-state index contributed by atoms with van der Waals surface area (Å²) in [5.74, 6) is 0.942. The second kappa shape index (κ2) is 6.89. The molecule has 0 aliphatic heterocycles. The number of carbonyl (C=O) groups is 1. The summed E-state index contributed by atoms with van der Waals surface area (Å²) >= 11 is 6.19. The van der Waals surface area contributed by atoms with Gasteiger partial charge in [0.1, 0.15) is 11.5 Å². The zero-order chi connectivity index (χ0) is 17.1. The molecular formula is C19H17ClN2O2. The van der Waals surface area contributed by atoms with Crippen molar-refractivity contribution in [3.8, 4) is 11.3 Å². The number of halogens is 1. The summed E-state index contributed by atoms with van der Waals surface area (Å²) < 4.78 is 5.72. The summed E-state index contributed by atoms with van der Waals surface area (Å²) in [5, 5.41) is 3.47. The van der Waals surface area contributed by atoms with Gasteiger partial charge in [0.05, 0.1) is 22.8 Å². The van der Waals surface area contributed by atoms with Crippen molar-refractivity contribution in [3.05, 3.63) is 76.3 Å². The third-order valence-electron chi connectivity index (χ3n) is 3.84. The minimum atomic E-state index is -0.195. The Morgan fingerprint density at radius 2 is 2.00 bits per heavy atom. The van der Waals surface area contributed by atoms with Crippen LogP contribution in [0, 0.1) is 13.8 Å². The van der Waals surface area contributed by atoms with Crippen LogP contribution < -0.4 is 5.32 Å². The van der Waals surface area contributed by atoms with Crippen LogP contribution in [0.5, 0.6) is 0 Å². The molecule has 3 aromatic rings. The van der Waals surface area contributed by atoms with Crippen molar-refractivity contribution in [1.82, 2.24) is 10.3 Å². The first-order chi connectivity index (χ1) is 11.6. The first-order valence-electron chi connectivity index (χ1n) is 7.60. The Kier molecular flexibility index (Phi) is 4.67. The molecule has 0 saturated heterocycles. The van der Waals surface area contributed by atoms with E-state index in [4.69, 9.17) is 16.0 Å². The molecule has 0 aliphatic carbocycles. The third kappa shape index (κ3) is 3.34. The molecule has 0 radical (unpaired) electrons. The van der Waals surface area contributed by atoms with Crippen LogP contribution in [-0.4, -0.2) is 10.9 Å². The van der Waals surface area contributed by atoms with Crippen molar-refractivity contribution in [2.24, 2.45) is 0 Å². The summed E-state index contributed by atoms with van der Waals surface area (Å²) in [6.45, 7) is 4.10. The maximum absolute atomic E-state index is 12.4. The van der Waals surface area contributed by atoms with Crippen molar-refractivity contribution in [2.75, 3.05) is 0 Å². The number of amides is 1. The summed E-state index contributed by atoms with van der Waals surface area (Å²) in [4.78, 5) is 16.7. The third-order valence-corrected chi connectivity index (χ3v) is 4.17. The number of hydrogen-bond donors (Lipinski definition) is 1. The van der Waals surface area contributed by atoms with Gasteiger partial charge in [-0.25, -0.2) is 0 Å². The summed E-state index contributed by atoms with van der Waals surface area (Å²) in [5.41, 5.74) is 3.15. The molecule has 1 amide bonds. The number of aryl methyl sites for hydroxylation is 2. The van der Waals surface area contributed by atoms with Crippen LogP contribution in [-0.2, 0) is 6.54 Å². The highest BCUT2D eigenvalue weighted by molar-refractivity contribution is 6.33. The Morgan fingerprint density at radius 1 is 1.21 bits per heavy atom. The van der Waals surface area contributed by atoms with Gasteiger partial charge < -0.3 is 9.73 Å². The van der Waals surface area contributed by atoms with E-state index in [1.165, 1.54) is 0 Å². The molecule has 0 atom stereocenters. The van der Waals surface area contributed by atoms with Crippen LogP contribution in [0.4, 0.5) is 0 Å². The molecule has 0 spiro atoms. The van der Waals surface area contributed by atoms with Crippen molar-refractivity contribution < 1.29 is 9.21 Å². The predicted molar refractivity (Wildman–Crippen MR) is 94.0 cm³/mol. The first kappa shape index (κ1) is 16.3. The van der Waals surface area contributed by atoms with E-state index in [0.29, 0.717) is 28.7 Å². The maximum Gasteiger partial charge on any atom is 0.255 e.